The van der Waals surface area contributed by atoms with Crippen LogP contribution in [-0.4, -0.2) is 50.5 Å². The van der Waals surface area contributed by atoms with E-state index in [-0.39, 0.29) is 30.8 Å². The van der Waals surface area contributed by atoms with Crippen LogP contribution in [0.2, 0.25) is 0 Å². The largest absolute Gasteiger partial charge is 0.354 e. The number of nitrogens with zero attached hydrogens (tertiary/aromatic N) is 2. The number of amides is 2. The van der Waals surface area contributed by atoms with Gasteiger partial charge in [0, 0.05) is 13.1 Å². The second-order valence-electron chi connectivity index (χ2n) is 9.99. The van der Waals surface area contributed by atoms with E-state index in [4.69, 9.17) is 0 Å². The van der Waals surface area contributed by atoms with Gasteiger partial charge in [-0.2, -0.15) is 0 Å². The number of benzene rings is 2. The number of anilines is 1. The molecule has 2 aromatic rings. The fraction of sp³-hybridized carbons (Fsp3) is 0.500. The highest BCUT2D eigenvalue weighted by atomic mass is 32.2. The normalized spacial score (nSPS) is 12.5. The van der Waals surface area contributed by atoms with Crippen LogP contribution in [0, 0.1) is 12.8 Å². The summed E-state index contributed by atoms with van der Waals surface area (Å²) in [6, 6.07) is 14.2. The number of aryl methyl sites for hydroxylation is 1. The maximum absolute atomic E-state index is 13.9. The number of nitrogens with one attached hydrogen (secondary N) is 1. The molecule has 0 saturated heterocycles. The van der Waals surface area contributed by atoms with Gasteiger partial charge in [-0.05, 0) is 47.9 Å². The Morgan fingerprint density at radius 1 is 0.972 bits per heavy atom. The Bertz CT molecular complexity index is 1140. The molecule has 7 nitrogen and oxygen atoms in total. The van der Waals surface area contributed by atoms with Crippen LogP contribution in [-0.2, 0) is 26.2 Å². The lowest BCUT2D eigenvalue weighted by Crippen LogP contribution is -2.52. The smallest absolute Gasteiger partial charge is 0.244 e. The zero-order valence-electron chi connectivity index (χ0n) is 22.6. The van der Waals surface area contributed by atoms with Gasteiger partial charge < -0.3 is 10.2 Å². The average Bonchev–Trinajstić information content (AvgIpc) is 2.81. The first-order valence-electron chi connectivity index (χ1n) is 12.5. The van der Waals surface area contributed by atoms with Crippen LogP contribution in [0.5, 0.6) is 0 Å². The van der Waals surface area contributed by atoms with E-state index >= 15 is 0 Å². The molecule has 0 bridgehead atoms. The van der Waals surface area contributed by atoms with Crippen molar-refractivity contribution < 1.29 is 18.0 Å². The molecule has 8 heteroatoms. The predicted molar refractivity (Wildman–Crippen MR) is 146 cm³/mol. The molecule has 0 saturated carbocycles. The van der Waals surface area contributed by atoms with Crippen molar-refractivity contribution in [2.75, 3.05) is 23.7 Å². The topological polar surface area (TPSA) is 86.8 Å². The van der Waals surface area contributed by atoms with Crippen molar-refractivity contribution in [3.8, 4) is 0 Å². The van der Waals surface area contributed by atoms with Crippen LogP contribution in [0.1, 0.15) is 63.6 Å². The minimum Gasteiger partial charge on any atom is -0.354 e. The van der Waals surface area contributed by atoms with E-state index in [1.54, 1.807) is 12.1 Å². The SMILES string of the molecule is CCC(C(=O)NCC(C)C)N(Cc1ccccc1C)C(=O)CN(c1ccccc1C(C)C)S(C)(=O)=O. The molecule has 0 aromatic heterocycles. The van der Waals surface area contributed by atoms with E-state index < -0.39 is 22.0 Å². The molecule has 36 heavy (non-hydrogen) atoms. The first kappa shape index (κ1) is 29.4. The Morgan fingerprint density at radius 2 is 1.58 bits per heavy atom. The van der Waals surface area contributed by atoms with Gasteiger partial charge in [0.05, 0.1) is 11.9 Å². The zero-order valence-corrected chi connectivity index (χ0v) is 23.4. The summed E-state index contributed by atoms with van der Waals surface area (Å²) >= 11 is 0. The van der Waals surface area contributed by atoms with E-state index in [0.717, 1.165) is 27.3 Å². The summed E-state index contributed by atoms with van der Waals surface area (Å²) in [6.07, 6.45) is 1.51. The highest BCUT2D eigenvalue weighted by molar-refractivity contribution is 7.92. The molecule has 1 atom stereocenters. The molecule has 1 unspecified atom stereocenters. The van der Waals surface area contributed by atoms with Crippen molar-refractivity contribution in [1.82, 2.24) is 10.2 Å². The number of sulfonamides is 1. The van der Waals surface area contributed by atoms with E-state index in [1.165, 1.54) is 4.90 Å². The first-order chi connectivity index (χ1) is 16.9. The summed E-state index contributed by atoms with van der Waals surface area (Å²) in [5.41, 5.74) is 3.23. The van der Waals surface area contributed by atoms with Gasteiger partial charge in [-0.25, -0.2) is 8.42 Å². The van der Waals surface area contributed by atoms with Crippen LogP contribution < -0.4 is 9.62 Å². The summed E-state index contributed by atoms with van der Waals surface area (Å²) < 4.78 is 27.0. The minimum absolute atomic E-state index is 0.0637. The second-order valence-corrected chi connectivity index (χ2v) is 11.9. The second kappa shape index (κ2) is 12.9. The highest BCUT2D eigenvalue weighted by Gasteiger charge is 2.32. The fourth-order valence-electron chi connectivity index (χ4n) is 4.11. The summed E-state index contributed by atoms with van der Waals surface area (Å²) in [6.45, 7) is 12.1. The Labute approximate surface area is 216 Å². The lowest BCUT2D eigenvalue weighted by Gasteiger charge is -2.34. The van der Waals surface area contributed by atoms with Crippen molar-refractivity contribution in [1.29, 1.82) is 0 Å². The molecular weight excluding hydrogens is 474 g/mol. The molecule has 0 aliphatic carbocycles. The van der Waals surface area contributed by atoms with Crippen LogP contribution in [0.15, 0.2) is 48.5 Å². The third-order valence-electron chi connectivity index (χ3n) is 6.18. The maximum Gasteiger partial charge on any atom is 0.244 e. The van der Waals surface area contributed by atoms with Gasteiger partial charge in [-0.15, -0.1) is 0 Å². The average molecular weight is 516 g/mol. The van der Waals surface area contributed by atoms with Gasteiger partial charge in [-0.1, -0.05) is 77.1 Å². The van der Waals surface area contributed by atoms with Gasteiger partial charge in [0.2, 0.25) is 21.8 Å². The summed E-state index contributed by atoms with van der Waals surface area (Å²) in [7, 11) is -3.77. The zero-order chi connectivity index (χ0) is 27.0. The molecule has 2 aromatic carbocycles. The Balaban J connectivity index is 2.50. The summed E-state index contributed by atoms with van der Waals surface area (Å²) in [5.74, 6) is -0.329. The Kier molecular flexibility index (Phi) is 10.5. The Morgan fingerprint density at radius 3 is 2.14 bits per heavy atom. The van der Waals surface area contributed by atoms with Gasteiger partial charge in [0.25, 0.3) is 0 Å². The number of rotatable bonds is 12. The molecule has 0 radical (unpaired) electrons. The number of carbonyl (C=O) groups excluding carboxylic acids is 2. The summed E-state index contributed by atoms with van der Waals surface area (Å²) in [4.78, 5) is 28.5. The Hall–Kier alpha value is -2.87. The lowest BCUT2D eigenvalue weighted by molar-refractivity contribution is -0.140. The molecular formula is C28H41N3O4S. The van der Waals surface area contributed by atoms with Crippen molar-refractivity contribution in [3.05, 3.63) is 65.2 Å². The molecule has 0 aliphatic rings. The number of carbonyl (C=O) groups is 2. The molecule has 1 N–H and O–H groups in total. The number of hydrogen-bond donors (Lipinski definition) is 1. The van der Waals surface area contributed by atoms with Crippen LogP contribution in [0.25, 0.3) is 0 Å². The molecule has 0 heterocycles. The quantitative estimate of drug-likeness (QED) is 0.452. The van der Waals surface area contributed by atoms with Crippen molar-refractivity contribution >= 4 is 27.5 Å². The van der Waals surface area contributed by atoms with Crippen LogP contribution >= 0.6 is 0 Å². The number of para-hydroxylation sites is 1. The van der Waals surface area contributed by atoms with E-state index in [1.807, 2.05) is 77.9 Å². The fourth-order valence-corrected chi connectivity index (χ4v) is 4.98. The molecule has 0 aliphatic heterocycles. The van der Waals surface area contributed by atoms with Crippen LogP contribution in [0.4, 0.5) is 5.69 Å². The number of hydrogen-bond acceptors (Lipinski definition) is 4. The third kappa shape index (κ3) is 7.82. The lowest BCUT2D eigenvalue weighted by atomic mass is 10.0. The maximum atomic E-state index is 13.9. The molecule has 0 fully saturated rings. The standard InChI is InChI=1S/C28H41N3O4S/c1-8-25(28(33)29-17-20(2)3)30(18-23-14-10-9-13-22(23)6)27(32)19-31(36(7,34)35)26-16-12-11-15-24(26)21(4)5/h9-16,20-21,25H,8,17-19H2,1-7H3,(H,29,33). The highest BCUT2D eigenvalue weighted by Crippen LogP contribution is 2.29. The monoisotopic (exact) mass is 515 g/mol. The van der Waals surface area contributed by atoms with Crippen molar-refractivity contribution in [2.45, 2.75) is 66.5 Å². The van der Waals surface area contributed by atoms with Gasteiger partial charge in [0.1, 0.15) is 12.6 Å². The molecule has 0 spiro atoms. The van der Waals surface area contributed by atoms with E-state index in [2.05, 4.69) is 5.32 Å². The van der Waals surface area contributed by atoms with Crippen molar-refractivity contribution in [3.63, 3.8) is 0 Å². The van der Waals surface area contributed by atoms with Gasteiger partial charge in [0.15, 0.2) is 0 Å². The minimum atomic E-state index is -3.77. The molecule has 198 valence electrons. The third-order valence-corrected chi connectivity index (χ3v) is 7.31. The van der Waals surface area contributed by atoms with Gasteiger partial charge in [-0.3, -0.25) is 13.9 Å². The first-order valence-corrected chi connectivity index (χ1v) is 14.4. The van der Waals surface area contributed by atoms with Gasteiger partial charge >= 0.3 is 0 Å². The van der Waals surface area contributed by atoms with Crippen molar-refractivity contribution in [2.24, 2.45) is 5.92 Å². The van der Waals surface area contributed by atoms with E-state index in [9.17, 15) is 18.0 Å². The van der Waals surface area contributed by atoms with Crippen LogP contribution in [0.3, 0.4) is 0 Å². The molecule has 2 amide bonds. The predicted octanol–water partition coefficient (Wildman–Crippen LogP) is 4.46. The van der Waals surface area contributed by atoms with E-state index in [0.29, 0.717) is 18.7 Å². The molecule has 2 rings (SSSR count). The summed E-state index contributed by atoms with van der Waals surface area (Å²) in [5, 5.41) is 2.94.